The number of likely N-dealkylation sites (tertiary alicyclic amines) is 1. The minimum Gasteiger partial charge on any atom is -0.325 e. The van der Waals surface area contributed by atoms with Crippen LogP contribution in [0.4, 0.5) is 0 Å². The first-order valence-corrected chi connectivity index (χ1v) is 10.0. The summed E-state index contributed by atoms with van der Waals surface area (Å²) in [5, 5.41) is 1.31. The zero-order chi connectivity index (χ0) is 19.6. The molecule has 2 aromatic carbocycles. The molecule has 27 heavy (non-hydrogen) atoms. The number of nitrogens with zero attached hydrogens (tertiary/aromatic N) is 1. The van der Waals surface area contributed by atoms with E-state index in [-0.39, 0.29) is 23.7 Å². The Morgan fingerprint density at radius 2 is 1.81 bits per heavy atom. The van der Waals surface area contributed by atoms with Crippen molar-refractivity contribution in [2.75, 3.05) is 0 Å². The first-order chi connectivity index (χ1) is 12.9. The highest BCUT2D eigenvalue weighted by atomic mass is 35.5. The standard InChI is InChI=1S/C22H23Cl2NO2/c1-3-20(14(2)26)25-21(27)12-11-19(16-5-4-6-18(24)13-16)22(25)15-7-9-17(23)10-8-15/h4-10,13,19-20,22H,3,11-12H2,1-2H3/t19?,20-,22+/m0/s1. The third-order valence-electron chi connectivity index (χ3n) is 5.32. The van der Waals surface area contributed by atoms with Crippen LogP contribution in [0.3, 0.4) is 0 Å². The monoisotopic (exact) mass is 403 g/mol. The normalized spacial score (nSPS) is 21.2. The Hall–Kier alpha value is -1.84. The van der Waals surface area contributed by atoms with E-state index in [1.54, 1.807) is 11.8 Å². The van der Waals surface area contributed by atoms with Crippen molar-refractivity contribution in [1.29, 1.82) is 0 Å². The van der Waals surface area contributed by atoms with Crippen LogP contribution in [0, 0.1) is 0 Å². The molecule has 0 N–H and O–H groups in total. The van der Waals surface area contributed by atoms with Gasteiger partial charge in [-0.15, -0.1) is 0 Å². The summed E-state index contributed by atoms with van der Waals surface area (Å²) in [7, 11) is 0. The predicted octanol–water partition coefficient (Wildman–Crippen LogP) is 5.81. The molecule has 0 aliphatic carbocycles. The number of hydrogen-bond donors (Lipinski definition) is 0. The molecule has 1 saturated heterocycles. The number of carbonyl (C=O) groups excluding carboxylic acids is 2. The second-order valence-electron chi connectivity index (χ2n) is 7.03. The van der Waals surface area contributed by atoms with Crippen LogP contribution < -0.4 is 0 Å². The Morgan fingerprint density at radius 3 is 2.41 bits per heavy atom. The van der Waals surface area contributed by atoms with E-state index in [9.17, 15) is 9.59 Å². The lowest BCUT2D eigenvalue weighted by Gasteiger charge is -2.45. The average Bonchev–Trinajstić information content (AvgIpc) is 2.64. The van der Waals surface area contributed by atoms with Gasteiger partial charge in [-0.3, -0.25) is 9.59 Å². The molecule has 142 valence electrons. The van der Waals surface area contributed by atoms with E-state index < -0.39 is 6.04 Å². The predicted molar refractivity (Wildman–Crippen MR) is 109 cm³/mol. The first-order valence-electron chi connectivity index (χ1n) is 9.25. The van der Waals surface area contributed by atoms with Crippen LogP contribution in [0.15, 0.2) is 48.5 Å². The van der Waals surface area contributed by atoms with Gasteiger partial charge in [0.1, 0.15) is 0 Å². The van der Waals surface area contributed by atoms with E-state index in [4.69, 9.17) is 23.2 Å². The molecule has 0 spiro atoms. The molecule has 2 aromatic rings. The molecule has 1 heterocycles. The maximum atomic E-state index is 12.9. The zero-order valence-corrected chi connectivity index (χ0v) is 17.0. The van der Waals surface area contributed by atoms with Crippen molar-refractivity contribution in [3.63, 3.8) is 0 Å². The molecule has 3 rings (SSSR count). The minimum atomic E-state index is -0.430. The molecule has 1 unspecified atom stereocenters. The molecule has 5 heteroatoms. The summed E-state index contributed by atoms with van der Waals surface area (Å²) in [4.78, 5) is 27.0. The number of carbonyl (C=O) groups is 2. The van der Waals surface area contributed by atoms with Crippen molar-refractivity contribution in [3.05, 3.63) is 69.7 Å². The van der Waals surface area contributed by atoms with Gasteiger partial charge in [-0.1, -0.05) is 54.4 Å². The molecule has 1 aliphatic rings. The lowest BCUT2D eigenvalue weighted by atomic mass is 9.78. The summed E-state index contributed by atoms with van der Waals surface area (Å²) < 4.78 is 0. The maximum absolute atomic E-state index is 12.9. The van der Waals surface area contributed by atoms with E-state index in [2.05, 4.69) is 0 Å². The molecule has 0 saturated carbocycles. The van der Waals surface area contributed by atoms with Gasteiger partial charge in [-0.05, 0) is 55.2 Å². The highest BCUT2D eigenvalue weighted by Crippen LogP contribution is 2.45. The molecule has 0 aromatic heterocycles. The lowest BCUT2D eigenvalue weighted by Crippen LogP contribution is -2.50. The van der Waals surface area contributed by atoms with Crippen LogP contribution >= 0.6 is 23.2 Å². The molecule has 1 amide bonds. The van der Waals surface area contributed by atoms with Crippen LogP contribution in [-0.2, 0) is 9.59 Å². The van der Waals surface area contributed by atoms with E-state index in [1.165, 1.54) is 0 Å². The second-order valence-corrected chi connectivity index (χ2v) is 7.91. The highest BCUT2D eigenvalue weighted by molar-refractivity contribution is 6.30. The van der Waals surface area contributed by atoms with Crippen molar-refractivity contribution in [1.82, 2.24) is 4.90 Å². The van der Waals surface area contributed by atoms with Crippen LogP contribution in [-0.4, -0.2) is 22.6 Å². The van der Waals surface area contributed by atoms with E-state index in [0.717, 1.165) is 17.5 Å². The molecular formula is C22H23Cl2NO2. The van der Waals surface area contributed by atoms with E-state index >= 15 is 0 Å². The number of piperidine rings is 1. The molecule has 1 fully saturated rings. The topological polar surface area (TPSA) is 37.4 Å². The fraction of sp³-hybridized carbons (Fsp3) is 0.364. The second kappa shape index (κ2) is 8.45. The van der Waals surface area contributed by atoms with Crippen LogP contribution in [0.2, 0.25) is 10.0 Å². The summed E-state index contributed by atoms with van der Waals surface area (Å²) in [5.74, 6) is 0.0998. The third-order valence-corrected chi connectivity index (χ3v) is 5.81. The highest BCUT2D eigenvalue weighted by Gasteiger charge is 2.41. The summed E-state index contributed by atoms with van der Waals surface area (Å²) in [6.45, 7) is 3.50. The van der Waals surface area contributed by atoms with Gasteiger partial charge in [0.2, 0.25) is 5.91 Å². The van der Waals surface area contributed by atoms with Crippen LogP contribution in [0.1, 0.15) is 56.2 Å². The van der Waals surface area contributed by atoms with Gasteiger partial charge in [-0.2, -0.15) is 0 Å². The summed E-state index contributed by atoms with van der Waals surface area (Å²) in [6, 6.07) is 14.7. The van der Waals surface area contributed by atoms with Gasteiger partial charge < -0.3 is 4.90 Å². The van der Waals surface area contributed by atoms with Crippen molar-refractivity contribution in [2.45, 2.75) is 51.1 Å². The molecule has 0 radical (unpaired) electrons. The Morgan fingerprint density at radius 1 is 1.11 bits per heavy atom. The van der Waals surface area contributed by atoms with Crippen LogP contribution in [0.25, 0.3) is 0 Å². The van der Waals surface area contributed by atoms with Gasteiger partial charge in [0.05, 0.1) is 12.1 Å². The minimum absolute atomic E-state index is 0.0107. The van der Waals surface area contributed by atoms with Gasteiger partial charge in [0.15, 0.2) is 5.78 Å². The first kappa shape index (κ1) is 19.9. The number of ketones is 1. The largest absolute Gasteiger partial charge is 0.325 e. The quantitative estimate of drug-likeness (QED) is 0.631. The molecule has 1 aliphatic heterocycles. The number of halogens is 2. The number of benzene rings is 2. The Bertz CT molecular complexity index is 834. The molecular weight excluding hydrogens is 381 g/mol. The van der Waals surface area contributed by atoms with E-state index in [0.29, 0.717) is 22.9 Å². The van der Waals surface area contributed by atoms with E-state index in [1.807, 2.05) is 55.5 Å². The lowest BCUT2D eigenvalue weighted by molar-refractivity contribution is -0.146. The summed E-state index contributed by atoms with van der Waals surface area (Å²) in [6.07, 6.45) is 1.73. The third kappa shape index (κ3) is 4.20. The van der Waals surface area contributed by atoms with Gasteiger partial charge >= 0.3 is 0 Å². The number of rotatable bonds is 5. The fourth-order valence-corrected chi connectivity index (χ4v) is 4.43. The van der Waals surface area contributed by atoms with Crippen molar-refractivity contribution < 1.29 is 9.59 Å². The number of hydrogen-bond acceptors (Lipinski definition) is 2. The van der Waals surface area contributed by atoms with Crippen molar-refractivity contribution in [3.8, 4) is 0 Å². The molecule has 3 nitrogen and oxygen atoms in total. The smallest absolute Gasteiger partial charge is 0.223 e. The zero-order valence-electron chi connectivity index (χ0n) is 15.5. The van der Waals surface area contributed by atoms with Gasteiger partial charge in [-0.25, -0.2) is 0 Å². The average molecular weight is 404 g/mol. The summed E-state index contributed by atoms with van der Waals surface area (Å²) >= 11 is 12.3. The number of Topliss-reactive ketones (excluding diaryl/α,β-unsaturated/α-hetero) is 1. The van der Waals surface area contributed by atoms with Crippen molar-refractivity contribution >= 4 is 34.9 Å². The fourth-order valence-electron chi connectivity index (χ4n) is 4.10. The SMILES string of the molecule is CC[C@@H](C(C)=O)N1C(=O)CCC(c2cccc(Cl)c2)[C@H]1c1ccc(Cl)cc1. The Labute approximate surface area is 170 Å². The Balaban J connectivity index is 2.13. The maximum Gasteiger partial charge on any atom is 0.223 e. The van der Waals surface area contributed by atoms with Gasteiger partial charge in [0, 0.05) is 22.4 Å². The van der Waals surface area contributed by atoms with Gasteiger partial charge in [0.25, 0.3) is 0 Å². The molecule has 3 atom stereocenters. The van der Waals surface area contributed by atoms with Crippen molar-refractivity contribution in [2.24, 2.45) is 0 Å². The number of amides is 1. The molecule has 0 bridgehead atoms. The summed E-state index contributed by atoms with van der Waals surface area (Å²) in [5.41, 5.74) is 2.07. The van der Waals surface area contributed by atoms with Crippen LogP contribution in [0.5, 0.6) is 0 Å². The Kier molecular flexibility index (Phi) is 6.23.